The third-order valence-corrected chi connectivity index (χ3v) is 2.68. The number of phenolic OH excluding ortho intramolecular Hbond substituents is 1. The summed E-state index contributed by atoms with van der Waals surface area (Å²) in [7, 11) is 0. The van der Waals surface area contributed by atoms with Crippen molar-refractivity contribution in [3.8, 4) is 5.75 Å². The first-order valence-corrected chi connectivity index (χ1v) is 5.71. The van der Waals surface area contributed by atoms with Crippen molar-refractivity contribution in [1.29, 1.82) is 0 Å². The summed E-state index contributed by atoms with van der Waals surface area (Å²) in [6.45, 7) is 2.02. The average molecular weight is 249 g/mol. The van der Waals surface area contributed by atoms with E-state index in [0.717, 1.165) is 11.4 Å². The van der Waals surface area contributed by atoms with E-state index in [-0.39, 0.29) is 11.8 Å². The van der Waals surface area contributed by atoms with Crippen molar-refractivity contribution >= 4 is 17.4 Å². The van der Waals surface area contributed by atoms with Crippen molar-refractivity contribution in [3.05, 3.63) is 53.2 Å². The first kappa shape index (κ1) is 11.7. The summed E-state index contributed by atoms with van der Waals surface area (Å²) in [5.41, 5.74) is 1.07. The van der Waals surface area contributed by atoms with Gasteiger partial charge in [-0.15, -0.1) is 0 Å². The maximum Gasteiger partial charge on any atom is 0.131 e. The molecule has 0 radical (unpaired) electrons. The molecule has 1 heterocycles. The van der Waals surface area contributed by atoms with E-state index in [4.69, 9.17) is 11.6 Å². The van der Waals surface area contributed by atoms with Gasteiger partial charge in [0.2, 0.25) is 0 Å². The highest BCUT2D eigenvalue weighted by molar-refractivity contribution is 6.29. The maximum atomic E-state index is 9.21. The second kappa shape index (κ2) is 5.06. The molecular formula is C13H13ClN2O. The number of aromatic hydroxyl groups is 1. The Morgan fingerprint density at radius 3 is 2.53 bits per heavy atom. The van der Waals surface area contributed by atoms with Gasteiger partial charge in [-0.05, 0) is 36.8 Å². The first-order valence-electron chi connectivity index (χ1n) is 5.33. The van der Waals surface area contributed by atoms with Crippen molar-refractivity contribution < 1.29 is 5.11 Å². The third kappa shape index (κ3) is 3.11. The predicted molar refractivity (Wildman–Crippen MR) is 69.4 cm³/mol. The van der Waals surface area contributed by atoms with Crippen molar-refractivity contribution in [2.75, 3.05) is 5.32 Å². The normalized spacial score (nSPS) is 12.1. The molecule has 1 unspecified atom stereocenters. The Bertz CT molecular complexity index is 499. The Hall–Kier alpha value is -1.74. The summed E-state index contributed by atoms with van der Waals surface area (Å²) >= 11 is 5.81. The summed E-state index contributed by atoms with van der Waals surface area (Å²) in [5, 5.41) is 12.9. The van der Waals surface area contributed by atoms with E-state index in [1.807, 2.05) is 31.2 Å². The molecule has 1 aromatic heterocycles. The van der Waals surface area contributed by atoms with Crippen LogP contribution in [0.2, 0.25) is 5.15 Å². The van der Waals surface area contributed by atoms with Crippen LogP contribution in [0.4, 0.5) is 5.82 Å². The SMILES string of the molecule is CC(Nc1cccc(Cl)n1)c1ccc(O)cc1. The lowest BCUT2D eigenvalue weighted by Crippen LogP contribution is -2.07. The van der Waals surface area contributed by atoms with Gasteiger partial charge < -0.3 is 10.4 Å². The Kier molecular flexibility index (Phi) is 3.49. The Morgan fingerprint density at radius 2 is 1.88 bits per heavy atom. The molecule has 0 aliphatic rings. The van der Waals surface area contributed by atoms with Crippen LogP contribution in [0.3, 0.4) is 0 Å². The zero-order chi connectivity index (χ0) is 12.3. The minimum atomic E-state index is 0.0987. The van der Waals surface area contributed by atoms with Crippen LogP contribution < -0.4 is 5.32 Å². The van der Waals surface area contributed by atoms with Gasteiger partial charge in [-0.1, -0.05) is 29.8 Å². The molecule has 4 heteroatoms. The summed E-state index contributed by atoms with van der Waals surface area (Å²) in [6, 6.07) is 12.6. The number of anilines is 1. The number of hydrogen-bond acceptors (Lipinski definition) is 3. The van der Waals surface area contributed by atoms with Gasteiger partial charge in [0, 0.05) is 6.04 Å². The minimum absolute atomic E-state index is 0.0987. The van der Waals surface area contributed by atoms with Gasteiger partial charge >= 0.3 is 0 Å². The van der Waals surface area contributed by atoms with Crippen molar-refractivity contribution in [2.45, 2.75) is 13.0 Å². The molecule has 0 bridgehead atoms. The third-order valence-electron chi connectivity index (χ3n) is 2.47. The van der Waals surface area contributed by atoms with Gasteiger partial charge in [0.1, 0.15) is 16.7 Å². The van der Waals surface area contributed by atoms with Crippen LogP contribution in [0.25, 0.3) is 0 Å². The molecule has 2 aromatic rings. The molecule has 2 N–H and O–H groups in total. The van der Waals surface area contributed by atoms with E-state index in [0.29, 0.717) is 5.15 Å². The summed E-state index contributed by atoms with van der Waals surface area (Å²) in [5.74, 6) is 1.000. The number of rotatable bonds is 3. The molecule has 1 aromatic carbocycles. The molecule has 1 atom stereocenters. The lowest BCUT2D eigenvalue weighted by atomic mass is 10.1. The van der Waals surface area contributed by atoms with Crippen LogP contribution in [0.1, 0.15) is 18.5 Å². The smallest absolute Gasteiger partial charge is 0.131 e. The van der Waals surface area contributed by atoms with E-state index in [1.165, 1.54) is 0 Å². The second-order valence-electron chi connectivity index (χ2n) is 3.80. The van der Waals surface area contributed by atoms with Gasteiger partial charge in [0.25, 0.3) is 0 Å². The van der Waals surface area contributed by atoms with E-state index in [9.17, 15) is 5.11 Å². The van der Waals surface area contributed by atoms with Crippen molar-refractivity contribution in [2.24, 2.45) is 0 Å². The van der Waals surface area contributed by atoms with E-state index < -0.39 is 0 Å². The van der Waals surface area contributed by atoms with Gasteiger partial charge in [0.05, 0.1) is 0 Å². The summed E-state index contributed by atoms with van der Waals surface area (Å²) < 4.78 is 0. The van der Waals surface area contributed by atoms with Crippen molar-refractivity contribution in [1.82, 2.24) is 4.98 Å². The Balaban J connectivity index is 2.11. The summed E-state index contributed by atoms with van der Waals surface area (Å²) in [6.07, 6.45) is 0. The molecule has 0 saturated carbocycles. The summed E-state index contributed by atoms with van der Waals surface area (Å²) in [4.78, 5) is 4.16. The predicted octanol–water partition coefficient (Wildman–Crippen LogP) is 3.61. The number of nitrogens with one attached hydrogen (secondary N) is 1. The molecule has 0 fully saturated rings. The van der Waals surface area contributed by atoms with E-state index in [2.05, 4.69) is 10.3 Å². The lowest BCUT2D eigenvalue weighted by Gasteiger charge is -2.15. The van der Waals surface area contributed by atoms with Gasteiger partial charge in [-0.25, -0.2) is 4.98 Å². The zero-order valence-corrected chi connectivity index (χ0v) is 10.1. The van der Waals surface area contributed by atoms with Gasteiger partial charge in [-0.2, -0.15) is 0 Å². The van der Waals surface area contributed by atoms with Crippen LogP contribution in [-0.4, -0.2) is 10.1 Å². The van der Waals surface area contributed by atoms with Crippen LogP contribution in [0, 0.1) is 0 Å². The lowest BCUT2D eigenvalue weighted by molar-refractivity contribution is 0.475. The van der Waals surface area contributed by atoms with Crippen molar-refractivity contribution in [3.63, 3.8) is 0 Å². The molecule has 3 nitrogen and oxygen atoms in total. The zero-order valence-electron chi connectivity index (χ0n) is 9.39. The quantitative estimate of drug-likeness (QED) is 0.816. The molecule has 0 saturated heterocycles. The van der Waals surface area contributed by atoms with Gasteiger partial charge in [-0.3, -0.25) is 0 Å². The number of phenols is 1. The van der Waals surface area contributed by atoms with Crippen LogP contribution >= 0.6 is 11.6 Å². The number of halogens is 1. The maximum absolute atomic E-state index is 9.21. The van der Waals surface area contributed by atoms with Gasteiger partial charge in [0.15, 0.2) is 0 Å². The highest BCUT2D eigenvalue weighted by Gasteiger charge is 2.05. The number of pyridine rings is 1. The molecular weight excluding hydrogens is 236 g/mol. The molecule has 0 aliphatic carbocycles. The molecule has 88 valence electrons. The fourth-order valence-corrected chi connectivity index (χ4v) is 1.72. The van der Waals surface area contributed by atoms with Crippen LogP contribution in [-0.2, 0) is 0 Å². The number of hydrogen-bond donors (Lipinski definition) is 2. The first-order chi connectivity index (χ1) is 8.15. The molecule has 17 heavy (non-hydrogen) atoms. The average Bonchev–Trinajstić information content (AvgIpc) is 2.29. The van der Waals surface area contributed by atoms with E-state index in [1.54, 1.807) is 18.2 Å². The van der Waals surface area contributed by atoms with Crippen LogP contribution in [0.5, 0.6) is 5.75 Å². The number of nitrogens with zero attached hydrogens (tertiary/aromatic N) is 1. The largest absolute Gasteiger partial charge is 0.508 e. The topological polar surface area (TPSA) is 45.2 Å². The standard InChI is InChI=1S/C13H13ClN2O/c1-9(10-5-7-11(17)8-6-10)15-13-4-2-3-12(14)16-13/h2-9,17H,1H3,(H,15,16). The fraction of sp³-hybridized carbons (Fsp3) is 0.154. The molecule has 0 amide bonds. The molecule has 0 spiro atoms. The fourth-order valence-electron chi connectivity index (χ4n) is 1.56. The Morgan fingerprint density at radius 1 is 1.18 bits per heavy atom. The second-order valence-corrected chi connectivity index (χ2v) is 4.19. The molecule has 0 aliphatic heterocycles. The Labute approximate surface area is 105 Å². The minimum Gasteiger partial charge on any atom is -0.508 e. The molecule has 2 rings (SSSR count). The number of benzene rings is 1. The highest BCUT2D eigenvalue weighted by atomic mass is 35.5. The van der Waals surface area contributed by atoms with Crippen LogP contribution in [0.15, 0.2) is 42.5 Å². The van der Waals surface area contributed by atoms with E-state index >= 15 is 0 Å². The number of aromatic nitrogens is 1. The monoisotopic (exact) mass is 248 g/mol. The highest BCUT2D eigenvalue weighted by Crippen LogP contribution is 2.20.